The van der Waals surface area contributed by atoms with Gasteiger partial charge in [0.2, 0.25) is 0 Å². The Hall–Kier alpha value is -1.95. The summed E-state index contributed by atoms with van der Waals surface area (Å²) in [5.41, 5.74) is 1.31. The zero-order valence-corrected chi connectivity index (χ0v) is 12.4. The van der Waals surface area contributed by atoms with Crippen molar-refractivity contribution in [2.45, 2.75) is 19.4 Å². The molecule has 114 valence electrons. The average Bonchev–Trinajstić information content (AvgIpc) is 2.76. The number of aryl methyl sites for hydroxylation is 1. The third-order valence-corrected chi connectivity index (χ3v) is 3.29. The lowest BCUT2D eigenvalue weighted by molar-refractivity contribution is 0.201. The predicted octanol–water partition coefficient (Wildman–Crippen LogP) is 3.06. The van der Waals surface area contributed by atoms with Crippen molar-refractivity contribution in [3.63, 3.8) is 0 Å². The number of nitrogens with zero attached hydrogens (tertiary/aromatic N) is 2. The van der Waals surface area contributed by atoms with Crippen molar-refractivity contribution in [1.82, 2.24) is 9.78 Å². The van der Waals surface area contributed by atoms with E-state index in [2.05, 4.69) is 10.4 Å². The number of halogens is 2. The lowest BCUT2D eigenvalue weighted by Crippen LogP contribution is -2.11. The number of hydrogen-bond acceptors (Lipinski definition) is 3. The molecule has 1 aromatic carbocycles. The third-order valence-electron chi connectivity index (χ3n) is 3.29. The lowest BCUT2D eigenvalue weighted by atomic mass is 10.1. The van der Waals surface area contributed by atoms with E-state index in [4.69, 9.17) is 4.74 Å². The molecular formula is C15H19F2N3O. The molecule has 6 heteroatoms. The molecule has 21 heavy (non-hydrogen) atoms. The summed E-state index contributed by atoms with van der Waals surface area (Å²) in [6.07, 6.45) is 0.714. The minimum atomic E-state index is -0.578. The van der Waals surface area contributed by atoms with Crippen LogP contribution in [0.5, 0.6) is 0 Å². The minimum Gasteiger partial charge on any atom is -0.384 e. The van der Waals surface area contributed by atoms with Crippen molar-refractivity contribution in [2.75, 3.05) is 19.0 Å². The van der Waals surface area contributed by atoms with E-state index in [1.54, 1.807) is 11.8 Å². The third kappa shape index (κ3) is 3.78. The van der Waals surface area contributed by atoms with Gasteiger partial charge in [-0.25, -0.2) is 8.78 Å². The van der Waals surface area contributed by atoms with E-state index in [-0.39, 0.29) is 6.04 Å². The summed E-state index contributed by atoms with van der Waals surface area (Å²) in [4.78, 5) is 0. The van der Waals surface area contributed by atoms with Crippen LogP contribution in [0.2, 0.25) is 0 Å². The molecule has 0 saturated heterocycles. The van der Waals surface area contributed by atoms with Crippen LogP contribution in [-0.2, 0) is 18.2 Å². The van der Waals surface area contributed by atoms with Crippen molar-refractivity contribution in [1.29, 1.82) is 0 Å². The molecule has 4 nitrogen and oxygen atoms in total. The van der Waals surface area contributed by atoms with Crippen LogP contribution in [-0.4, -0.2) is 23.5 Å². The summed E-state index contributed by atoms with van der Waals surface area (Å²) >= 11 is 0. The van der Waals surface area contributed by atoms with Crippen molar-refractivity contribution >= 4 is 5.82 Å². The average molecular weight is 295 g/mol. The van der Waals surface area contributed by atoms with Gasteiger partial charge in [-0.1, -0.05) is 6.07 Å². The summed E-state index contributed by atoms with van der Waals surface area (Å²) in [6.45, 7) is 2.41. The number of anilines is 1. The summed E-state index contributed by atoms with van der Waals surface area (Å²) in [5.74, 6) is -0.361. The van der Waals surface area contributed by atoms with Crippen molar-refractivity contribution in [3.8, 4) is 0 Å². The Balaban J connectivity index is 2.11. The van der Waals surface area contributed by atoms with Crippen LogP contribution in [0.1, 0.15) is 24.2 Å². The summed E-state index contributed by atoms with van der Waals surface area (Å²) in [6, 6.07) is 5.20. The summed E-state index contributed by atoms with van der Waals surface area (Å²) in [7, 11) is 3.45. The highest BCUT2D eigenvalue weighted by molar-refractivity contribution is 5.40. The Morgan fingerprint density at radius 1 is 1.33 bits per heavy atom. The molecule has 2 rings (SSSR count). The highest BCUT2D eigenvalue weighted by Crippen LogP contribution is 2.22. The van der Waals surface area contributed by atoms with Gasteiger partial charge in [-0.3, -0.25) is 4.68 Å². The number of methoxy groups -OCH3 is 1. The van der Waals surface area contributed by atoms with E-state index in [0.29, 0.717) is 18.6 Å². The minimum absolute atomic E-state index is 0.295. The van der Waals surface area contributed by atoms with Gasteiger partial charge >= 0.3 is 0 Å². The molecule has 0 bridgehead atoms. The molecular weight excluding hydrogens is 276 g/mol. The number of ether oxygens (including phenoxy) is 1. The van der Waals surface area contributed by atoms with Gasteiger partial charge in [-0.15, -0.1) is 0 Å². The van der Waals surface area contributed by atoms with Gasteiger partial charge in [0, 0.05) is 38.3 Å². The smallest absolute Gasteiger partial charge is 0.131 e. The van der Waals surface area contributed by atoms with Crippen LogP contribution in [0, 0.1) is 11.6 Å². The Kier molecular flexibility index (Phi) is 4.90. The second-order valence-electron chi connectivity index (χ2n) is 4.92. The molecule has 2 aromatic rings. The van der Waals surface area contributed by atoms with Crippen LogP contribution in [0.15, 0.2) is 24.3 Å². The number of aromatic nitrogens is 2. The predicted molar refractivity (Wildman–Crippen MR) is 77.2 cm³/mol. The van der Waals surface area contributed by atoms with Gasteiger partial charge < -0.3 is 10.1 Å². The molecule has 1 aromatic heterocycles. The molecule has 0 amide bonds. The first-order valence-electron chi connectivity index (χ1n) is 6.74. The van der Waals surface area contributed by atoms with E-state index >= 15 is 0 Å². The van der Waals surface area contributed by atoms with Gasteiger partial charge in [-0.2, -0.15) is 5.10 Å². The maximum Gasteiger partial charge on any atom is 0.131 e. The van der Waals surface area contributed by atoms with E-state index < -0.39 is 11.6 Å². The SMILES string of the molecule is COCCc1cc(N[C@H](C)c2ccc(F)cc2F)n(C)n1. The van der Waals surface area contributed by atoms with Crippen LogP contribution in [0.25, 0.3) is 0 Å². The topological polar surface area (TPSA) is 39.1 Å². The summed E-state index contributed by atoms with van der Waals surface area (Å²) in [5, 5.41) is 7.53. The Labute approximate surface area is 122 Å². The largest absolute Gasteiger partial charge is 0.384 e. The molecule has 0 saturated carbocycles. The first kappa shape index (κ1) is 15.4. The first-order valence-corrected chi connectivity index (χ1v) is 6.74. The van der Waals surface area contributed by atoms with Crippen LogP contribution < -0.4 is 5.32 Å². The van der Waals surface area contributed by atoms with E-state index in [1.165, 1.54) is 12.1 Å². The molecule has 1 heterocycles. The van der Waals surface area contributed by atoms with E-state index in [1.807, 2.05) is 20.0 Å². The maximum absolute atomic E-state index is 13.8. The lowest BCUT2D eigenvalue weighted by Gasteiger charge is -2.16. The molecule has 1 N–H and O–H groups in total. The molecule has 0 aliphatic rings. The van der Waals surface area contributed by atoms with Crippen molar-refractivity contribution in [2.24, 2.45) is 7.05 Å². The second-order valence-corrected chi connectivity index (χ2v) is 4.92. The molecule has 1 atom stereocenters. The summed E-state index contributed by atoms with van der Waals surface area (Å²) < 4.78 is 33.4. The number of hydrogen-bond donors (Lipinski definition) is 1. The van der Waals surface area contributed by atoms with Crippen molar-refractivity contribution in [3.05, 3.63) is 47.2 Å². The van der Waals surface area contributed by atoms with Gasteiger partial charge in [0.05, 0.1) is 18.3 Å². The molecule has 0 aliphatic carbocycles. The molecule has 0 spiro atoms. The van der Waals surface area contributed by atoms with Gasteiger partial charge in [-0.05, 0) is 13.0 Å². The molecule has 0 aliphatic heterocycles. The van der Waals surface area contributed by atoms with E-state index in [0.717, 1.165) is 17.6 Å². The van der Waals surface area contributed by atoms with Gasteiger partial charge in [0.1, 0.15) is 17.5 Å². The second kappa shape index (κ2) is 6.67. The van der Waals surface area contributed by atoms with Crippen molar-refractivity contribution < 1.29 is 13.5 Å². The fraction of sp³-hybridized carbons (Fsp3) is 0.400. The Bertz CT molecular complexity index is 613. The molecule has 0 fully saturated rings. The maximum atomic E-state index is 13.8. The highest BCUT2D eigenvalue weighted by Gasteiger charge is 2.14. The normalized spacial score (nSPS) is 12.4. The Morgan fingerprint density at radius 2 is 2.10 bits per heavy atom. The zero-order valence-electron chi connectivity index (χ0n) is 12.4. The monoisotopic (exact) mass is 295 g/mol. The number of benzene rings is 1. The van der Waals surface area contributed by atoms with Gasteiger partial charge in [0.15, 0.2) is 0 Å². The molecule has 0 radical (unpaired) electrons. The Morgan fingerprint density at radius 3 is 2.76 bits per heavy atom. The zero-order chi connectivity index (χ0) is 15.4. The van der Waals surface area contributed by atoms with Crippen LogP contribution >= 0.6 is 0 Å². The van der Waals surface area contributed by atoms with E-state index in [9.17, 15) is 8.78 Å². The van der Waals surface area contributed by atoms with Gasteiger partial charge in [0.25, 0.3) is 0 Å². The standard InChI is InChI=1S/C15H19F2N3O/c1-10(13-5-4-11(16)8-14(13)17)18-15-9-12(6-7-21-3)19-20(15)2/h4-5,8-10,18H,6-7H2,1-3H3/t10-/m1/s1. The first-order chi connectivity index (χ1) is 10.0. The molecule has 0 unspecified atom stereocenters. The fourth-order valence-electron chi connectivity index (χ4n) is 2.14. The number of nitrogens with one attached hydrogen (secondary N) is 1. The number of rotatable bonds is 6. The fourth-order valence-corrected chi connectivity index (χ4v) is 2.14. The van der Waals surface area contributed by atoms with Crippen LogP contribution in [0.4, 0.5) is 14.6 Å². The highest BCUT2D eigenvalue weighted by atomic mass is 19.1. The van der Waals surface area contributed by atoms with Crippen LogP contribution in [0.3, 0.4) is 0 Å². The quantitative estimate of drug-likeness (QED) is 0.890.